The average Bonchev–Trinajstić information content (AvgIpc) is 3.08. The highest BCUT2D eigenvalue weighted by Crippen LogP contribution is 2.23. The maximum Gasteiger partial charge on any atom is 0.0931 e. The van der Waals surface area contributed by atoms with Crippen LogP contribution in [0.15, 0.2) is 12.1 Å². The van der Waals surface area contributed by atoms with Crippen LogP contribution in [0.3, 0.4) is 0 Å². The smallest absolute Gasteiger partial charge is 0.0931 e. The van der Waals surface area contributed by atoms with Crippen LogP contribution < -0.4 is 5.32 Å². The fourth-order valence-corrected chi connectivity index (χ4v) is 3.20. The van der Waals surface area contributed by atoms with Crippen molar-refractivity contribution in [2.24, 2.45) is 0 Å². The van der Waals surface area contributed by atoms with Crippen molar-refractivity contribution in [2.45, 2.75) is 51.2 Å². The quantitative estimate of drug-likeness (QED) is 0.732. The molecule has 2 nitrogen and oxygen atoms in total. The normalized spacial score (nSPS) is 17.3. The number of thiophene rings is 1. The van der Waals surface area contributed by atoms with Crippen molar-refractivity contribution in [3.8, 4) is 0 Å². The lowest BCUT2D eigenvalue weighted by atomic mass is 10.1. The van der Waals surface area contributed by atoms with Gasteiger partial charge in [-0.3, -0.25) is 4.90 Å². The summed E-state index contributed by atoms with van der Waals surface area (Å²) < 4.78 is 0.889. The summed E-state index contributed by atoms with van der Waals surface area (Å²) in [7, 11) is 2.20. The molecular weight excluding hydrogens is 264 g/mol. The summed E-state index contributed by atoms with van der Waals surface area (Å²) in [6, 6.07) is 5.59. The lowest BCUT2D eigenvalue weighted by Crippen LogP contribution is -2.29. The van der Waals surface area contributed by atoms with Gasteiger partial charge >= 0.3 is 0 Å². The van der Waals surface area contributed by atoms with Gasteiger partial charge in [-0.1, -0.05) is 11.6 Å². The molecule has 1 aliphatic carbocycles. The largest absolute Gasteiger partial charge is 0.314 e. The van der Waals surface area contributed by atoms with Gasteiger partial charge in [-0.05, 0) is 58.3 Å². The molecule has 1 saturated carbocycles. The van der Waals surface area contributed by atoms with E-state index in [-0.39, 0.29) is 0 Å². The zero-order valence-corrected chi connectivity index (χ0v) is 12.9. The summed E-state index contributed by atoms with van der Waals surface area (Å²) in [6.07, 6.45) is 5.30. The first kappa shape index (κ1) is 14.3. The molecule has 0 saturated heterocycles. The first-order chi connectivity index (χ1) is 8.65. The Morgan fingerprint density at radius 1 is 1.50 bits per heavy atom. The summed E-state index contributed by atoms with van der Waals surface area (Å²) in [6.45, 7) is 4.49. The molecule has 1 unspecified atom stereocenters. The summed E-state index contributed by atoms with van der Waals surface area (Å²) in [5.41, 5.74) is 0. The van der Waals surface area contributed by atoms with E-state index < -0.39 is 0 Å². The minimum Gasteiger partial charge on any atom is -0.314 e. The Labute approximate surface area is 119 Å². The fraction of sp³-hybridized carbons (Fsp3) is 0.714. The average molecular weight is 287 g/mol. The van der Waals surface area contributed by atoms with E-state index in [4.69, 9.17) is 11.6 Å². The molecule has 0 radical (unpaired) electrons. The molecule has 18 heavy (non-hydrogen) atoms. The van der Waals surface area contributed by atoms with Crippen molar-refractivity contribution >= 4 is 22.9 Å². The Hall–Kier alpha value is -0.0900. The topological polar surface area (TPSA) is 15.3 Å². The van der Waals surface area contributed by atoms with Gasteiger partial charge in [0.2, 0.25) is 0 Å². The van der Waals surface area contributed by atoms with Gasteiger partial charge in [0.05, 0.1) is 4.34 Å². The van der Waals surface area contributed by atoms with E-state index in [2.05, 4.69) is 30.3 Å². The van der Waals surface area contributed by atoms with Gasteiger partial charge in [0.15, 0.2) is 0 Å². The monoisotopic (exact) mass is 286 g/mol. The second-order valence-corrected chi connectivity index (χ2v) is 7.14. The molecule has 2 rings (SSSR count). The third-order valence-corrected chi connectivity index (χ3v) is 4.81. The number of hydrogen-bond acceptors (Lipinski definition) is 3. The van der Waals surface area contributed by atoms with E-state index in [1.807, 2.05) is 6.07 Å². The molecule has 1 heterocycles. The Kier molecular flexibility index (Phi) is 5.49. The van der Waals surface area contributed by atoms with Crippen LogP contribution >= 0.6 is 22.9 Å². The Balaban J connectivity index is 1.62. The van der Waals surface area contributed by atoms with Crippen LogP contribution in [0.5, 0.6) is 0 Å². The molecule has 0 aromatic carbocycles. The lowest BCUT2D eigenvalue weighted by molar-refractivity contribution is 0.236. The first-order valence-corrected chi connectivity index (χ1v) is 8.02. The van der Waals surface area contributed by atoms with E-state index >= 15 is 0 Å². The van der Waals surface area contributed by atoms with Crippen LogP contribution in [0, 0.1) is 0 Å². The first-order valence-electron chi connectivity index (χ1n) is 6.83. The van der Waals surface area contributed by atoms with Gasteiger partial charge in [0, 0.05) is 23.5 Å². The molecule has 102 valence electrons. The highest BCUT2D eigenvalue weighted by Gasteiger charge is 2.19. The maximum absolute atomic E-state index is 5.95. The van der Waals surface area contributed by atoms with Crippen molar-refractivity contribution in [2.75, 3.05) is 13.6 Å². The second-order valence-electron chi connectivity index (χ2n) is 5.34. The maximum atomic E-state index is 5.95. The third-order valence-electron chi connectivity index (χ3n) is 3.60. The number of halogens is 1. The van der Waals surface area contributed by atoms with Gasteiger partial charge in [-0.25, -0.2) is 0 Å². The second kappa shape index (κ2) is 6.90. The van der Waals surface area contributed by atoms with E-state index in [0.29, 0.717) is 6.04 Å². The molecule has 0 aliphatic heterocycles. The predicted molar refractivity (Wildman–Crippen MR) is 80.5 cm³/mol. The molecule has 0 bridgehead atoms. The number of rotatable bonds is 8. The predicted octanol–water partition coefficient (Wildman–Crippen LogP) is 3.75. The Bertz CT molecular complexity index is 362. The third kappa shape index (κ3) is 4.88. The van der Waals surface area contributed by atoms with E-state index in [1.165, 1.54) is 37.1 Å². The fourth-order valence-electron chi connectivity index (χ4n) is 2.05. The van der Waals surface area contributed by atoms with Crippen LogP contribution in [0.2, 0.25) is 4.34 Å². The molecule has 1 aromatic rings. The Morgan fingerprint density at radius 2 is 2.28 bits per heavy atom. The van der Waals surface area contributed by atoms with Gasteiger partial charge in [-0.15, -0.1) is 11.3 Å². The van der Waals surface area contributed by atoms with Crippen LogP contribution in [-0.4, -0.2) is 30.6 Å². The number of nitrogens with zero attached hydrogens (tertiary/aromatic N) is 1. The molecule has 1 fully saturated rings. The lowest BCUT2D eigenvalue weighted by Gasteiger charge is -2.24. The zero-order valence-electron chi connectivity index (χ0n) is 11.3. The van der Waals surface area contributed by atoms with Crippen molar-refractivity contribution < 1.29 is 0 Å². The van der Waals surface area contributed by atoms with Crippen molar-refractivity contribution in [3.05, 3.63) is 21.3 Å². The van der Waals surface area contributed by atoms with E-state index in [1.54, 1.807) is 11.3 Å². The van der Waals surface area contributed by atoms with Crippen molar-refractivity contribution in [1.29, 1.82) is 0 Å². The highest BCUT2D eigenvalue weighted by molar-refractivity contribution is 7.16. The van der Waals surface area contributed by atoms with Crippen LogP contribution in [0.1, 0.15) is 37.5 Å². The minimum absolute atomic E-state index is 0.631. The molecule has 0 spiro atoms. The van der Waals surface area contributed by atoms with Gasteiger partial charge in [-0.2, -0.15) is 0 Å². The van der Waals surface area contributed by atoms with Crippen LogP contribution in [0.4, 0.5) is 0 Å². The van der Waals surface area contributed by atoms with E-state index in [9.17, 15) is 0 Å². The minimum atomic E-state index is 0.631. The van der Waals surface area contributed by atoms with Crippen LogP contribution in [0.25, 0.3) is 0 Å². The molecule has 4 heteroatoms. The molecule has 0 amide bonds. The number of hydrogen-bond donors (Lipinski definition) is 1. The number of nitrogens with one attached hydrogen (secondary N) is 1. The highest BCUT2D eigenvalue weighted by atomic mass is 35.5. The van der Waals surface area contributed by atoms with Crippen LogP contribution in [-0.2, 0) is 6.54 Å². The zero-order chi connectivity index (χ0) is 13.0. The molecule has 1 N–H and O–H groups in total. The SMILES string of the molecule is CC(CCCNC1CC1)N(C)Cc1ccc(Cl)s1. The van der Waals surface area contributed by atoms with Crippen molar-refractivity contribution in [3.63, 3.8) is 0 Å². The van der Waals surface area contributed by atoms with Crippen molar-refractivity contribution in [1.82, 2.24) is 10.2 Å². The summed E-state index contributed by atoms with van der Waals surface area (Å²) in [5.74, 6) is 0. The molecular formula is C14H23ClN2S. The van der Waals surface area contributed by atoms with Gasteiger partial charge in [0.1, 0.15) is 0 Å². The molecule has 1 aromatic heterocycles. The Morgan fingerprint density at radius 3 is 2.89 bits per heavy atom. The van der Waals surface area contributed by atoms with Gasteiger partial charge < -0.3 is 5.32 Å². The summed E-state index contributed by atoms with van der Waals surface area (Å²) >= 11 is 7.64. The summed E-state index contributed by atoms with van der Waals surface area (Å²) in [4.78, 5) is 3.77. The molecule has 1 aliphatic rings. The van der Waals surface area contributed by atoms with E-state index in [0.717, 1.165) is 16.9 Å². The van der Waals surface area contributed by atoms with Gasteiger partial charge in [0.25, 0.3) is 0 Å². The molecule has 1 atom stereocenters. The summed E-state index contributed by atoms with van der Waals surface area (Å²) in [5, 5.41) is 3.57. The standard InChI is InChI=1S/C14H23ClN2S/c1-11(4-3-9-16-12-5-6-12)17(2)10-13-7-8-14(15)18-13/h7-8,11-12,16H,3-6,9-10H2,1-2H3.